The van der Waals surface area contributed by atoms with Crippen molar-refractivity contribution in [2.75, 3.05) is 0 Å². The van der Waals surface area contributed by atoms with Gasteiger partial charge in [0.15, 0.2) is 0 Å². The number of ether oxygens (including phenoxy) is 1. The van der Waals surface area contributed by atoms with Crippen LogP contribution in [0.25, 0.3) is 0 Å². The van der Waals surface area contributed by atoms with Gasteiger partial charge in [0.25, 0.3) is 0 Å². The van der Waals surface area contributed by atoms with E-state index in [0.717, 1.165) is 17.1 Å². The Kier molecular flexibility index (Phi) is 5.03. The fourth-order valence-electron chi connectivity index (χ4n) is 2.56. The maximum Gasteiger partial charge on any atom is 0.133 e. The Balaban J connectivity index is 2.29. The highest BCUT2D eigenvalue weighted by Gasteiger charge is 2.12. The summed E-state index contributed by atoms with van der Waals surface area (Å²) in [7, 11) is 0. The van der Waals surface area contributed by atoms with Crippen molar-refractivity contribution < 1.29 is 9.84 Å². The third-order valence-electron chi connectivity index (χ3n) is 3.76. The second kappa shape index (κ2) is 6.77. The first kappa shape index (κ1) is 15.6. The molecule has 0 saturated heterocycles. The van der Waals surface area contributed by atoms with Crippen LogP contribution in [0.3, 0.4) is 0 Å². The second-order valence-electron chi connectivity index (χ2n) is 5.74. The van der Waals surface area contributed by atoms with Crippen molar-refractivity contribution in [2.24, 2.45) is 0 Å². The minimum Gasteiger partial charge on any atom is -0.457 e. The SMILES string of the molecule is CCC(O)c1ccccc1Oc1ccc(C(C)C)c(C)c1. The Morgan fingerprint density at radius 2 is 1.76 bits per heavy atom. The summed E-state index contributed by atoms with van der Waals surface area (Å²) in [5.41, 5.74) is 3.41. The van der Waals surface area contributed by atoms with Gasteiger partial charge in [-0.15, -0.1) is 0 Å². The quantitative estimate of drug-likeness (QED) is 0.801. The van der Waals surface area contributed by atoms with Gasteiger partial charge in [0.2, 0.25) is 0 Å². The molecule has 0 aromatic heterocycles. The van der Waals surface area contributed by atoms with E-state index >= 15 is 0 Å². The molecule has 2 rings (SSSR count). The van der Waals surface area contributed by atoms with Crippen molar-refractivity contribution in [3.05, 3.63) is 59.2 Å². The van der Waals surface area contributed by atoms with E-state index in [0.29, 0.717) is 12.3 Å². The monoisotopic (exact) mass is 284 g/mol. The number of aliphatic hydroxyl groups is 1. The van der Waals surface area contributed by atoms with E-state index in [1.165, 1.54) is 11.1 Å². The van der Waals surface area contributed by atoms with Crippen LogP contribution in [0.1, 0.15) is 55.9 Å². The zero-order valence-corrected chi connectivity index (χ0v) is 13.3. The number of rotatable bonds is 5. The maximum atomic E-state index is 10.1. The van der Waals surface area contributed by atoms with Crippen molar-refractivity contribution in [2.45, 2.75) is 46.1 Å². The molecule has 0 fully saturated rings. The van der Waals surface area contributed by atoms with Crippen molar-refractivity contribution in [1.82, 2.24) is 0 Å². The zero-order chi connectivity index (χ0) is 15.4. The predicted molar refractivity (Wildman–Crippen MR) is 87.0 cm³/mol. The Labute approximate surface area is 127 Å². The molecular formula is C19H24O2. The van der Waals surface area contributed by atoms with Crippen LogP contribution in [-0.4, -0.2) is 5.11 Å². The van der Waals surface area contributed by atoms with E-state index in [1.807, 2.05) is 37.3 Å². The second-order valence-corrected chi connectivity index (χ2v) is 5.74. The van der Waals surface area contributed by atoms with Crippen LogP contribution in [0, 0.1) is 6.92 Å². The van der Waals surface area contributed by atoms with E-state index in [4.69, 9.17) is 4.74 Å². The van der Waals surface area contributed by atoms with Crippen LogP contribution < -0.4 is 4.74 Å². The molecule has 2 heteroatoms. The molecule has 112 valence electrons. The standard InChI is InChI=1S/C19H24O2/c1-5-18(20)17-8-6-7-9-19(17)21-15-10-11-16(13(2)3)14(4)12-15/h6-13,18,20H,5H2,1-4H3. The molecular weight excluding hydrogens is 260 g/mol. The first-order valence-corrected chi connectivity index (χ1v) is 7.58. The highest BCUT2D eigenvalue weighted by atomic mass is 16.5. The molecule has 1 atom stereocenters. The van der Waals surface area contributed by atoms with E-state index < -0.39 is 6.10 Å². The molecule has 0 radical (unpaired) electrons. The molecule has 0 aliphatic heterocycles. The van der Waals surface area contributed by atoms with Crippen molar-refractivity contribution in [1.29, 1.82) is 0 Å². The van der Waals surface area contributed by atoms with E-state index in [-0.39, 0.29) is 0 Å². The molecule has 0 aliphatic carbocycles. The lowest BCUT2D eigenvalue weighted by Gasteiger charge is -2.16. The molecule has 2 nitrogen and oxygen atoms in total. The van der Waals surface area contributed by atoms with Crippen LogP contribution in [-0.2, 0) is 0 Å². The molecule has 0 spiro atoms. The lowest BCUT2D eigenvalue weighted by atomic mass is 9.98. The largest absolute Gasteiger partial charge is 0.457 e. The van der Waals surface area contributed by atoms with Gasteiger partial charge in [-0.05, 0) is 48.6 Å². The summed E-state index contributed by atoms with van der Waals surface area (Å²) in [4.78, 5) is 0. The smallest absolute Gasteiger partial charge is 0.133 e. The summed E-state index contributed by atoms with van der Waals surface area (Å²) in [5.74, 6) is 2.05. The number of aryl methyl sites for hydroxylation is 1. The molecule has 1 N–H and O–H groups in total. The van der Waals surface area contributed by atoms with Crippen molar-refractivity contribution in [3.8, 4) is 11.5 Å². The lowest BCUT2D eigenvalue weighted by molar-refractivity contribution is 0.170. The minimum absolute atomic E-state index is 0.489. The summed E-state index contributed by atoms with van der Waals surface area (Å²) in [6.45, 7) is 8.45. The predicted octanol–water partition coefficient (Wildman–Crippen LogP) is 5.35. The van der Waals surface area contributed by atoms with E-state index in [2.05, 4.69) is 32.9 Å². The molecule has 0 bridgehead atoms. The number of para-hydroxylation sites is 1. The summed E-state index contributed by atoms with van der Waals surface area (Å²) >= 11 is 0. The van der Waals surface area contributed by atoms with Crippen LogP contribution >= 0.6 is 0 Å². The van der Waals surface area contributed by atoms with Gasteiger partial charge >= 0.3 is 0 Å². The average molecular weight is 284 g/mol. The van der Waals surface area contributed by atoms with Gasteiger partial charge < -0.3 is 9.84 Å². The number of hydrogen-bond acceptors (Lipinski definition) is 2. The van der Waals surface area contributed by atoms with Gasteiger partial charge in [-0.1, -0.05) is 45.0 Å². The highest BCUT2D eigenvalue weighted by molar-refractivity contribution is 5.42. The number of hydrogen-bond donors (Lipinski definition) is 1. The lowest BCUT2D eigenvalue weighted by Crippen LogP contribution is -1.99. The third kappa shape index (κ3) is 3.64. The first-order valence-electron chi connectivity index (χ1n) is 7.58. The molecule has 21 heavy (non-hydrogen) atoms. The Morgan fingerprint density at radius 3 is 2.38 bits per heavy atom. The Bertz CT molecular complexity index is 602. The van der Waals surface area contributed by atoms with E-state index in [9.17, 15) is 5.11 Å². The molecule has 1 unspecified atom stereocenters. The van der Waals surface area contributed by atoms with Crippen molar-refractivity contribution in [3.63, 3.8) is 0 Å². The minimum atomic E-state index is -0.489. The summed E-state index contributed by atoms with van der Waals surface area (Å²) in [6.07, 6.45) is 0.184. The third-order valence-corrected chi connectivity index (χ3v) is 3.76. The van der Waals surface area contributed by atoms with Crippen LogP contribution in [0.4, 0.5) is 0 Å². The number of benzene rings is 2. The van der Waals surface area contributed by atoms with Gasteiger partial charge in [-0.2, -0.15) is 0 Å². The van der Waals surface area contributed by atoms with Crippen LogP contribution in [0.5, 0.6) is 11.5 Å². The van der Waals surface area contributed by atoms with Crippen LogP contribution in [0.2, 0.25) is 0 Å². The Morgan fingerprint density at radius 1 is 1.05 bits per heavy atom. The van der Waals surface area contributed by atoms with E-state index in [1.54, 1.807) is 0 Å². The summed E-state index contributed by atoms with van der Waals surface area (Å²) in [6, 6.07) is 13.8. The van der Waals surface area contributed by atoms with Gasteiger partial charge in [-0.3, -0.25) is 0 Å². The van der Waals surface area contributed by atoms with Gasteiger partial charge in [0.05, 0.1) is 6.10 Å². The average Bonchev–Trinajstić information content (AvgIpc) is 2.46. The summed E-state index contributed by atoms with van der Waals surface area (Å²) < 4.78 is 5.99. The molecule has 0 aliphatic rings. The fourth-order valence-corrected chi connectivity index (χ4v) is 2.56. The molecule has 2 aromatic rings. The topological polar surface area (TPSA) is 29.5 Å². The summed E-state index contributed by atoms with van der Waals surface area (Å²) in [5, 5.41) is 10.1. The van der Waals surface area contributed by atoms with Crippen LogP contribution in [0.15, 0.2) is 42.5 Å². The normalized spacial score (nSPS) is 12.5. The molecule has 0 amide bonds. The van der Waals surface area contributed by atoms with Crippen molar-refractivity contribution >= 4 is 0 Å². The maximum absolute atomic E-state index is 10.1. The molecule has 0 heterocycles. The van der Waals surface area contributed by atoms with Gasteiger partial charge in [0.1, 0.15) is 11.5 Å². The first-order chi connectivity index (χ1) is 10.0. The molecule has 2 aromatic carbocycles. The zero-order valence-electron chi connectivity index (χ0n) is 13.3. The molecule has 0 saturated carbocycles. The highest BCUT2D eigenvalue weighted by Crippen LogP contribution is 2.32. The fraction of sp³-hybridized carbons (Fsp3) is 0.368. The number of aliphatic hydroxyl groups excluding tert-OH is 1. The van der Waals surface area contributed by atoms with Gasteiger partial charge in [0, 0.05) is 5.56 Å². The Hall–Kier alpha value is -1.80. The van der Waals surface area contributed by atoms with Gasteiger partial charge in [-0.25, -0.2) is 0 Å².